The SMILES string of the molecule is Cc1ccccc1OCC(=O)N/N=C\c1cccc(OC(=O)c2ccc(Cl)cc2)c1. The molecule has 152 valence electrons. The fourth-order valence-corrected chi connectivity index (χ4v) is 2.61. The maximum Gasteiger partial charge on any atom is 0.343 e. The molecule has 1 amide bonds. The number of benzene rings is 3. The zero-order chi connectivity index (χ0) is 21.3. The summed E-state index contributed by atoms with van der Waals surface area (Å²) in [5.74, 6) is 0.113. The molecule has 30 heavy (non-hydrogen) atoms. The highest BCUT2D eigenvalue weighted by Gasteiger charge is 2.08. The third-order valence-electron chi connectivity index (χ3n) is 4.00. The first-order valence-electron chi connectivity index (χ1n) is 9.09. The zero-order valence-corrected chi connectivity index (χ0v) is 16.9. The van der Waals surface area contributed by atoms with Crippen LogP contribution in [0.2, 0.25) is 5.02 Å². The Kier molecular flexibility index (Phi) is 7.19. The Labute approximate surface area is 179 Å². The van der Waals surface area contributed by atoms with Crippen LogP contribution in [-0.4, -0.2) is 24.7 Å². The van der Waals surface area contributed by atoms with Crippen LogP contribution in [0.5, 0.6) is 11.5 Å². The van der Waals surface area contributed by atoms with E-state index < -0.39 is 5.97 Å². The molecule has 3 aromatic carbocycles. The van der Waals surface area contributed by atoms with E-state index in [0.717, 1.165) is 5.56 Å². The van der Waals surface area contributed by atoms with Gasteiger partial charge in [-0.05, 0) is 60.5 Å². The molecule has 0 unspecified atom stereocenters. The first kappa shape index (κ1) is 21.1. The molecule has 0 saturated carbocycles. The Hall–Kier alpha value is -3.64. The average molecular weight is 423 g/mol. The van der Waals surface area contributed by atoms with Gasteiger partial charge >= 0.3 is 5.97 Å². The number of para-hydroxylation sites is 1. The highest BCUT2D eigenvalue weighted by Crippen LogP contribution is 2.17. The number of esters is 1. The smallest absolute Gasteiger partial charge is 0.343 e. The predicted octanol–water partition coefficient (Wildman–Crippen LogP) is 4.40. The van der Waals surface area contributed by atoms with Crippen molar-refractivity contribution in [1.82, 2.24) is 5.43 Å². The largest absolute Gasteiger partial charge is 0.483 e. The molecule has 0 heterocycles. The molecule has 0 fully saturated rings. The lowest BCUT2D eigenvalue weighted by Crippen LogP contribution is -2.24. The number of ether oxygens (including phenoxy) is 2. The maximum absolute atomic E-state index is 12.2. The van der Waals surface area contributed by atoms with Gasteiger partial charge in [0.1, 0.15) is 11.5 Å². The van der Waals surface area contributed by atoms with Crippen molar-refractivity contribution in [3.8, 4) is 11.5 Å². The van der Waals surface area contributed by atoms with E-state index in [1.54, 1.807) is 54.6 Å². The van der Waals surface area contributed by atoms with Crippen molar-refractivity contribution in [2.24, 2.45) is 5.10 Å². The van der Waals surface area contributed by atoms with Gasteiger partial charge in [-0.25, -0.2) is 10.2 Å². The fourth-order valence-electron chi connectivity index (χ4n) is 2.48. The first-order chi connectivity index (χ1) is 14.5. The average Bonchev–Trinajstić information content (AvgIpc) is 2.74. The van der Waals surface area contributed by atoms with Crippen LogP contribution in [0.25, 0.3) is 0 Å². The lowest BCUT2D eigenvalue weighted by molar-refractivity contribution is -0.123. The van der Waals surface area contributed by atoms with E-state index in [9.17, 15) is 9.59 Å². The monoisotopic (exact) mass is 422 g/mol. The van der Waals surface area contributed by atoms with Crippen molar-refractivity contribution in [2.45, 2.75) is 6.92 Å². The summed E-state index contributed by atoms with van der Waals surface area (Å²) in [6.45, 7) is 1.75. The number of amides is 1. The van der Waals surface area contributed by atoms with E-state index in [2.05, 4.69) is 10.5 Å². The molecule has 0 spiro atoms. The van der Waals surface area contributed by atoms with Gasteiger partial charge in [0.25, 0.3) is 5.91 Å². The van der Waals surface area contributed by atoms with Crippen LogP contribution in [-0.2, 0) is 4.79 Å². The number of nitrogens with zero attached hydrogens (tertiary/aromatic N) is 1. The van der Waals surface area contributed by atoms with Crippen molar-refractivity contribution >= 4 is 29.7 Å². The second-order valence-corrected chi connectivity index (χ2v) is 6.75. The van der Waals surface area contributed by atoms with Gasteiger partial charge in [-0.3, -0.25) is 4.79 Å². The Morgan fingerprint density at radius 1 is 1.03 bits per heavy atom. The van der Waals surface area contributed by atoms with Gasteiger partial charge in [0.15, 0.2) is 6.61 Å². The molecular formula is C23H19ClN2O4. The van der Waals surface area contributed by atoms with Crippen molar-refractivity contribution in [3.05, 3.63) is 94.5 Å². The number of carbonyl (C=O) groups excluding carboxylic acids is 2. The van der Waals surface area contributed by atoms with E-state index in [1.165, 1.54) is 6.21 Å². The standard InChI is InChI=1S/C23H19ClN2O4/c1-16-5-2-3-8-21(16)29-15-22(27)26-25-14-17-6-4-7-20(13-17)30-23(28)18-9-11-19(24)12-10-18/h2-14H,15H2,1H3,(H,26,27)/b25-14-. The number of hydrazone groups is 1. The summed E-state index contributed by atoms with van der Waals surface area (Å²) in [5.41, 5.74) is 4.38. The molecule has 7 heteroatoms. The topological polar surface area (TPSA) is 77.0 Å². The van der Waals surface area contributed by atoms with E-state index in [4.69, 9.17) is 21.1 Å². The number of hydrogen-bond donors (Lipinski definition) is 1. The number of carbonyl (C=O) groups is 2. The minimum atomic E-state index is -0.498. The molecular weight excluding hydrogens is 404 g/mol. The summed E-state index contributed by atoms with van der Waals surface area (Å²) in [6, 6.07) is 20.6. The maximum atomic E-state index is 12.2. The summed E-state index contributed by atoms with van der Waals surface area (Å²) < 4.78 is 10.8. The molecule has 3 aromatic rings. The van der Waals surface area contributed by atoms with Gasteiger partial charge in [-0.1, -0.05) is 41.9 Å². The normalized spacial score (nSPS) is 10.6. The van der Waals surface area contributed by atoms with Gasteiger partial charge in [0.2, 0.25) is 0 Å². The van der Waals surface area contributed by atoms with Gasteiger partial charge in [0.05, 0.1) is 11.8 Å². The predicted molar refractivity (Wildman–Crippen MR) is 115 cm³/mol. The van der Waals surface area contributed by atoms with E-state index in [1.807, 2.05) is 25.1 Å². The number of rotatable bonds is 7. The van der Waals surface area contributed by atoms with Crippen LogP contribution in [0.1, 0.15) is 21.5 Å². The summed E-state index contributed by atoms with van der Waals surface area (Å²) in [4.78, 5) is 24.1. The second-order valence-electron chi connectivity index (χ2n) is 6.32. The molecule has 0 bridgehead atoms. The molecule has 6 nitrogen and oxygen atoms in total. The first-order valence-corrected chi connectivity index (χ1v) is 9.47. The lowest BCUT2D eigenvalue weighted by Gasteiger charge is -2.07. The number of hydrogen-bond acceptors (Lipinski definition) is 5. The Bertz CT molecular complexity index is 1060. The highest BCUT2D eigenvalue weighted by molar-refractivity contribution is 6.30. The van der Waals surface area contributed by atoms with E-state index in [0.29, 0.717) is 27.6 Å². The number of aryl methyl sites for hydroxylation is 1. The summed E-state index contributed by atoms with van der Waals surface area (Å²) in [7, 11) is 0. The summed E-state index contributed by atoms with van der Waals surface area (Å²) in [5, 5.41) is 4.44. The molecule has 0 aromatic heterocycles. The minimum absolute atomic E-state index is 0.152. The van der Waals surface area contributed by atoms with Gasteiger partial charge < -0.3 is 9.47 Å². The van der Waals surface area contributed by atoms with Crippen LogP contribution in [0.15, 0.2) is 77.9 Å². The van der Waals surface area contributed by atoms with E-state index in [-0.39, 0.29) is 12.5 Å². The number of nitrogens with one attached hydrogen (secondary N) is 1. The van der Waals surface area contributed by atoms with Crippen LogP contribution in [0.4, 0.5) is 0 Å². The van der Waals surface area contributed by atoms with Crippen LogP contribution >= 0.6 is 11.6 Å². The van der Waals surface area contributed by atoms with Crippen LogP contribution in [0, 0.1) is 6.92 Å². The Morgan fingerprint density at radius 2 is 1.80 bits per heavy atom. The van der Waals surface area contributed by atoms with Gasteiger partial charge in [0, 0.05) is 5.02 Å². The minimum Gasteiger partial charge on any atom is -0.483 e. The Balaban J connectivity index is 1.52. The summed E-state index contributed by atoms with van der Waals surface area (Å²) >= 11 is 5.82. The van der Waals surface area contributed by atoms with Crippen LogP contribution in [0.3, 0.4) is 0 Å². The molecule has 0 atom stereocenters. The Morgan fingerprint density at radius 3 is 2.57 bits per heavy atom. The molecule has 0 saturated heterocycles. The third-order valence-corrected chi connectivity index (χ3v) is 4.26. The second kappa shape index (κ2) is 10.2. The molecule has 3 rings (SSSR count). The zero-order valence-electron chi connectivity index (χ0n) is 16.2. The molecule has 0 aliphatic rings. The number of halogens is 1. The van der Waals surface area contributed by atoms with Crippen molar-refractivity contribution < 1.29 is 19.1 Å². The molecule has 0 aliphatic heterocycles. The molecule has 0 radical (unpaired) electrons. The summed E-state index contributed by atoms with van der Waals surface area (Å²) in [6.07, 6.45) is 1.45. The highest BCUT2D eigenvalue weighted by atomic mass is 35.5. The molecule has 1 N–H and O–H groups in total. The van der Waals surface area contributed by atoms with Crippen molar-refractivity contribution in [2.75, 3.05) is 6.61 Å². The quantitative estimate of drug-likeness (QED) is 0.265. The van der Waals surface area contributed by atoms with Gasteiger partial charge in [-0.2, -0.15) is 5.10 Å². The van der Waals surface area contributed by atoms with Gasteiger partial charge in [-0.15, -0.1) is 0 Å². The molecule has 0 aliphatic carbocycles. The van der Waals surface area contributed by atoms with Crippen molar-refractivity contribution in [1.29, 1.82) is 0 Å². The van der Waals surface area contributed by atoms with Crippen molar-refractivity contribution in [3.63, 3.8) is 0 Å². The third kappa shape index (κ3) is 6.18. The lowest BCUT2D eigenvalue weighted by atomic mass is 10.2. The fraction of sp³-hybridized carbons (Fsp3) is 0.0870. The van der Waals surface area contributed by atoms with Crippen LogP contribution < -0.4 is 14.9 Å². The van der Waals surface area contributed by atoms with E-state index >= 15 is 0 Å².